The van der Waals surface area contributed by atoms with E-state index in [9.17, 15) is 4.79 Å². The third-order valence-electron chi connectivity index (χ3n) is 3.77. The highest BCUT2D eigenvalue weighted by atomic mass is 35.5. The molecule has 0 fully saturated rings. The number of amides is 1. The first-order valence-corrected chi connectivity index (χ1v) is 8.76. The molecule has 2 aromatic rings. The van der Waals surface area contributed by atoms with Crippen LogP contribution in [0.25, 0.3) is 0 Å². The number of carbonyl (C=O) groups excluding carboxylic acids is 1. The second kappa shape index (κ2) is 7.20. The zero-order chi connectivity index (χ0) is 15.4. The van der Waals surface area contributed by atoms with Gasteiger partial charge >= 0.3 is 0 Å². The van der Waals surface area contributed by atoms with Gasteiger partial charge in [-0.05, 0) is 36.4 Å². The van der Waals surface area contributed by atoms with Crippen molar-refractivity contribution >= 4 is 29.3 Å². The van der Waals surface area contributed by atoms with E-state index in [1.54, 1.807) is 11.8 Å². The number of fused-ring (bicyclic) bond motifs is 1. The number of carbonyl (C=O) groups is 1. The maximum absolute atomic E-state index is 12.3. The molecule has 22 heavy (non-hydrogen) atoms. The highest BCUT2D eigenvalue weighted by Gasteiger charge is 2.21. The van der Waals surface area contributed by atoms with Crippen molar-refractivity contribution in [1.29, 1.82) is 0 Å². The lowest BCUT2D eigenvalue weighted by molar-refractivity contribution is -0.132. The number of rotatable bonds is 5. The van der Waals surface area contributed by atoms with Crippen molar-refractivity contribution < 1.29 is 4.79 Å². The first-order valence-electron chi connectivity index (χ1n) is 7.39. The second-order valence-electron chi connectivity index (χ2n) is 5.35. The van der Waals surface area contributed by atoms with Crippen LogP contribution in [0, 0.1) is 0 Å². The van der Waals surface area contributed by atoms with Crippen molar-refractivity contribution in [3.8, 4) is 0 Å². The summed E-state index contributed by atoms with van der Waals surface area (Å²) in [6.45, 7) is 1.48. The Bertz CT molecular complexity index is 641. The number of hydrogen-bond acceptors (Lipinski definition) is 3. The molecule has 1 aromatic heterocycles. The topological polar surface area (TPSA) is 49.0 Å². The van der Waals surface area contributed by atoms with E-state index in [0.29, 0.717) is 13.0 Å². The number of halogens is 1. The molecule has 0 atom stereocenters. The van der Waals surface area contributed by atoms with E-state index in [4.69, 9.17) is 11.6 Å². The third kappa shape index (κ3) is 3.84. The maximum Gasteiger partial charge on any atom is 0.222 e. The minimum absolute atomic E-state index is 0.239. The van der Waals surface area contributed by atoms with Crippen LogP contribution in [0.2, 0.25) is 5.02 Å². The molecular formula is C16H18ClN3OS. The summed E-state index contributed by atoms with van der Waals surface area (Å²) < 4.78 is 0. The number of H-pyrrole nitrogens is 1. The van der Waals surface area contributed by atoms with Gasteiger partial charge in [-0.2, -0.15) is 5.10 Å². The molecule has 1 amide bonds. The predicted octanol–water partition coefficient (Wildman–Crippen LogP) is 3.52. The fraction of sp³-hybridized carbons (Fsp3) is 0.375. The van der Waals surface area contributed by atoms with E-state index in [-0.39, 0.29) is 5.91 Å². The lowest BCUT2D eigenvalue weighted by atomic mass is 10.1. The Morgan fingerprint density at radius 3 is 3.00 bits per heavy atom. The van der Waals surface area contributed by atoms with Crippen LogP contribution in [-0.2, 0) is 17.8 Å². The number of aromatic amines is 1. The van der Waals surface area contributed by atoms with E-state index in [1.165, 1.54) is 10.6 Å². The molecule has 2 heterocycles. The van der Waals surface area contributed by atoms with Crippen LogP contribution >= 0.6 is 23.4 Å². The molecule has 0 spiro atoms. The fourth-order valence-electron chi connectivity index (χ4n) is 2.54. The van der Waals surface area contributed by atoms with Gasteiger partial charge in [0.15, 0.2) is 0 Å². The first-order chi connectivity index (χ1) is 10.7. The molecule has 0 bridgehead atoms. The second-order valence-corrected chi connectivity index (χ2v) is 6.95. The van der Waals surface area contributed by atoms with Crippen LogP contribution in [0.5, 0.6) is 0 Å². The smallest absolute Gasteiger partial charge is 0.222 e. The van der Waals surface area contributed by atoms with Gasteiger partial charge in [-0.25, -0.2) is 0 Å². The summed E-state index contributed by atoms with van der Waals surface area (Å²) in [6, 6.07) is 7.82. The average molecular weight is 336 g/mol. The van der Waals surface area contributed by atoms with Gasteiger partial charge in [0.05, 0.1) is 6.20 Å². The van der Waals surface area contributed by atoms with E-state index in [2.05, 4.69) is 10.2 Å². The zero-order valence-corrected chi connectivity index (χ0v) is 13.8. The molecule has 0 unspecified atom stereocenters. The van der Waals surface area contributed by atoms with E-state index >= 15 is 0 Å². The minimum atomic E-state index is 0.239. The molecule has 116 valence electrons. The van der Waals surface area contributed by atoms with Crippen LogP contribution in [0.4, 0.5) is 0 Å². The van der Waals surface area contributed by atoms with Crippen LogP contribution in [0.1, 0.15) is 24.1 Å². The molecule has 1 N–H and O–H groups in total. The highest BCUT2D eigenvalue weighted by molar-refractivity contribution is 7.99. The number of thioether (sulfide) groups is 1. The summed E-state index contributed by atoms with van der Waals surface area (Å²) >= 11 is 7.63. The number of nitrogens with zero attached hydrogens (tertiary/aromatic N) is 2. The Balaban J connectivity index is 1.40. The quantitative estimate of drug-likeness (QED) is 0.672. The monoisotopic (exact) mass is 335 g/mol. The van der Waals surface area contributed by atoms with Gasteiger partial charge in [0.1, 0.15) is 0 Å². The summed E-state index contributed by atoms with van der Waals surface area (Å²) in [5.74, 6) is 1.18. The SMILES string of the molecule is O=C(CCCSc1ccc(Cl)cc1)N1CCc2[nH]ncc2C1. The lowest BCUT2D eigenvalue weighted by Gasteiger charge is -2.26. The van der Waals surface area contributed by atoms with Crippen molar-refractivity contribution in [1.82, 2.24) is 15.1 Å². The number of hydrogen-bond donors (Lipinski definition) is 1. The first kappa shape index (κ1) is 15.4. The Hall–Kier alpha value is -1.46. The standard InChI is InChI=1S/C16H18ClN3OS/c17-13-3-5-14(6-4-13)22-9-1-2-16(21)20-8-7-15-12(11-20)10-18-19-15/h3-6,10H,1-2,7-9,11H2,(H,18,19). The Labute approximate surface area is 139 Å². The Kier molecular flexibility index (Phi) is 5.05. The molecule has 0 saturated heterocycles. The van der Waals surface area contributed by atoms with Crippen molar-refractivity contribution in [3.05, 3.63) is 46.7 Å². The van der Waals surface area contributed by atoms with Gasteiger partial charge in [0.25, 0.3) is 0 Å². The van der Waals surface area contributed by atoms with Gasteiger partial charge in [-0.1, -0.05) is 11.6 Å². The van der Waals surface area contributed by atoms with E-state index < -0.39 is 0 Å². The molecule has 6 heteroatoms. The largest absolute Gasteiger partial charge is 0.338 e. The van der Waals surface area contributed by atoms with Gasteiger partial charge in [0.2, 0.25) is 5.91 Å². The van der Waals surface area contributed by atoms with Gasteiger partial charge in [-0.3, -0.25) is 9.89 Å². The summed E-state index contributed by atoms with van der Waals surface area (Å²) in [7, 11) is 0. The van der Waals surface area contributed by atoms with Gasteiger partial charge in [0, 0.05) is 47.1 Å². The number of nitrogens with one attached hydrogen (secondary N) is 1. The van der Waals surface area contributed by atoms with E-state index in [1.807, 2.05) is 35.4 Å². The van der Waals surface area contributed by atoms with E-state index in [0.717, 1.165) is 35.7 Å². The Morgan fingerprint density at radius 2 is 2.18 bits per heavy atom. The molecule has 4 nitrogen and oxygen atoms in total. The van der Waals surface area contributed by atoms with Crippen LogP contribution < -0.4 is 0 Å². The fourth-order valence-corrected chi connectivity index (χ4v) is 3.52. The van der Waals surface area contributed by atoms with Crippen molar-refractivity contribution in [3.63, 3.8) is 0 Å². The molecule has 1 aromatic carbocycles. The van der Waals surface area contributed by atoms with Crippen LogP contribution in [0.3, 0.4) is 0 Å². The zero-order valence-electron chi connectivity index (χ0n) is 12.2. The van der Waals surface area contributed by atoms with Crippen molar-refractivity contribution in [2.75, 3.05) is 12.3 Å². The molecule has 0 saturated carbocycles. The molecule has 0 aliphatic carbocycles. The number of aromatic nitrogens is 2. The van der Waals surface area contributed by atoms with Gasteiger partial charge < -0.3 is 4.90 Å². The third-order valence-corrected chi connectivity index (χ3v) is 5.12. The predicted molar refractivity (Wildman–Crippen MR) is 89.1 cm³/mol. The molecule has 1 aliphatic rings. The molecule has 0 radical (unpaired) electrons. The summed E-state index contributed by atoms with van der Waals surface area (Å²) in [5, 5.41) is 7.78. The summed E-state index contributed by atoms with van der Waals surface area (Å²) in [6.07, 6.45) is 4.19. The lowest BCUT2D eigenvalue weighted by Crippen LogP contribution is -2.35. The number of benzene rings is 1. The molecular weight excluding hydrogens is 318 g/mol. The van der Waals surface area contributed by atoms with Crippen LogP contribution in [0.15, 0.2) is 35.4 Å². The molecule has 1 aliphatic heterocycles. The van der Waals surface area contributed by atoms with Gasteiger partial charge in [-0.15, -0.1) is 11.8 Å². The summed E-state index contributed by atoms with van der Waals surface area (Å²) in [4.78, 5) is 15.4. The maximum atomic E-state index is 12.3. The van der Waals surface area contributed by atoms with Crippen LogP contribution in [-0.4, -0.2) is 33.3 Å². The molecule has 3 rings (SSSR count). The van der Waals surface area contributed by atoms with Crippen molar-refractivity contribution in [2.24, 2.45) is 0 Å². The Morgan fingerprint density at radius 1 is 1.36 bits per heavy atom. The van der Waals surface area contributed by atoms with Crippen molar-refractivity contribution in [2.45, 2.75) is 30.7 Å². The minimum Gasteiger partial charge on any atom is -0.338 e. The highest BCUT2D eigenvalue weighted by Crippen LogP contribution is 2.22. The average Bonchev–Trinajstić information content (AvgIpc) is 3.00. The normalized spacial score (nSPS) is 14.0. The summed E-state index contributed by atoms with van der Waals surface area (Å²) in [5.41, 5.74) is 2.32.